The summed E-state index contributed by atoms with van der Waals surface area (Å²) in [4.78, 5) is 11.1. The Morgan fingerprint density at radius 2 is 1.87 bits per heavy atom. The minimum absolute atomic E-state index is 0.122. The lowest BCUT2D eigenvalue weighted by atomic mass is 9.78. The number of rotatable bonds is 3. The molecule has 1 aromatic carbocycles. The van der Waals surface area contributed by atoms with Crippen molar-refractivity contribution in [3.63, 3.8) is 0 Å². The summed E-state index contributed by atoms with van der Waals surface area (Å²) in [5.41, 5.74) is 2.17. The minimum atomic E-state index is 0.122. The molecule has 80 valence electrons. The van der Waals surface area contributed by atoms with Crippen LogP contribution in [0.25, 0.3) is 0 Å². The Morgan fingerprint density at radius 3 is 2.27 bits per heavy atom. The van der Waals surface area contributed by atoms with Gasteiger partial charge in [-0.2, -0.15) is 0 Å². The van der Waals surface area contributed by atoms with Gasteiger partial charge in [-0.3, -0.25) is 4.79 Å². The number of hydrogen-bond acceptors (Lipinski definition) is 2. The third-order valence-electron chi connectivity index (χ3n) is 3.19. The Hall–Kier alpha value is -1.31. The van der Waals surface area contributed by atoms with Crippen LogP contribution < -0.4 is 5.32 Å². The quantitative estimate of drug-likeness (QED) is 0.764. The maximum absolute atomic E-state index is 11.1. The highest BCUT2D eigenvalue weighted by Gasteiger charge is 2.31. The fraction of sp³-hybridized carbons (Fsp3) is 0.462. The molecule has 15 heavy (non-hydrogen) atoms. The SMILES string of the molecule is CC(=O)c1ccc(NC2(C)CCC2)cc1. The van der Waals surface area contributed by atoms with Gasteiger partial charge >= 0.3 is 0 Å². The first-order valence-corrected chi connectivity index (χ1v) is 5.48. The third-order valence-corrected chi connectivity index (χ3v) is 3.19. The van der Waals surface area contributed by atoms with Crippen LogP contribution in [0.15, 0.2) is 24.3 Å². The van der Waals surface area contributed by atoms with E-state index in [1.807, 2.05) is 24.3 Å². The molecule has 1 fully saturated rings. The highest BCUT2D eigenvalue weighted by molar-refractivity contribution is 5.94. The molecule has 0 unspecified atom stereocenters. The highest BCUT2D eigenvalue weighted by Crippen LogP contribution is 2.34. The van der Waals surface area contributed by atoms with Gasteiger partial charge in [-0.15, -0.1) is 0 Å². The third kappa shape index (κ3) is 2.20. The average molecular weight is 203 g/mol. The Labute approximate surface area is 90.7 Å². The summed E-state index contributed by atoms with van der Waals surface area (Å²) in [5.74, 6) is 0.122. The van der Waals surface area contributed by atoms with Crippen molar-refractivity contribution in [1.82, 2.24) is 0 Å². The van der Waals surface area contributed by atoms with E-state index in [-0.39, 0.29) is 11.3 Å². The molecule has 2 heteroatoms. The normalized spacial score (nSPS) is 18.0. The summed E-state index contributed by atoms with van der Waals surface area (Å²) in [6, 6.07) is 7.74. The van der Waals surface area contributed by atoms with E-state index in [0.717, 1.165) is 11.3 Å². The second-order valence-electron chi connectivity index (χ2n) is 4.67. The molecule has 1 N–H and O–H groups in total. The maximum atomic E-state index is 11.1. The van der Waals surface area contributed by atoms with Gasteiger partial charge in [-0.25, -0.2) is 0 Å². The number of Topliss-reactive ketones (excluding diaryl/α,β-unsaturated/α-hetero) is 1. The fourth-order valence-corrected chi connectivity index (χ4v) is 1.97. The van der Waals surface area contributed by atoms with Gasteiger partial charge in [0.25, 0.3) is 0 Å². The molecular formula is C13H17NO. The fourth-order valence-electron chi connectivity index (χ4n) is 1.97. The Bertz CT molecular complexity index is 363. The van der Waals surface area contributed by atoms with E-state index in [1.165, 1.54) is 19.3 Å². The number of hydrogen-bond donors (Lipinski definition) is 1. The molecule has 2 rings (SSSR count). The van der Waals surface area contributed by atoms with Crippen molar-refractivity contribution in [2.24, 2.45) is 0 Å². The summed E-state index contributed by atoms with van der Waals surface area (Å²) >= 11 is 0. The van der Waals surface area contributed by atoms with Crippen LogP contribution >= 0.6 is 0 Å². The van der Waals surface area contributed by atoms with Crippen molar-refractivity contribution >= 4 is 11.5 Å². The van der Waals surface area contributed by atoms with Crippen LogP contribution in [0.2, 0.25) is 0 Å². The number of benzene rings is 1. The van der Waals surface area contributed by atoms with Gasteiger partial charge in [-0.05, 0) is 57.4 Å². The van der Waals surface area contributed by atoms with Gasteiger partial charge in [0.1, 0.15) is 0 Å². The summed E-state index contributed by atoms with van der Waals surface area (Å²) in [6.07, 6.45) is 3.79. The molecule has 1 aromatic rings. The molecule has 1 aliphatic rings. The Kier molecular flexibility index (Phi) is 2.51. The van der Waals surface area contributed by atoms with Gasteiger partial charge in [0.05, 0.1) is 0 Å². The summed E-state index contributed by atoms with van der Waals surface area (Å²) in [7, 11) is 0. The standard InChI is InChI=1S/C13H17NO/c1-10(15)11-4-6-12(7-5-11)14-13(2)8-3-9-13/h4-7,14H,3,8-9H2,1-2H3. The molecule has 0 heterocycles. The Morgan fingerprint density at radius 1 is 1.27 bits per heavy atom. The number of ketones is 1. The molecular weight excluding hydrogens is 186 g/mol. The van der Waals surface area contributed by atoms with Crippen molar-refractivity contribution in [3.8, 4) is 0 Å². The first kappa shape index (κ1) is 10.2. The van der Waals surface area contributed by atoms with Crippen LogP contribution in [-0.2, 0) is 0 Å². The van der Waals surface area contributed by atoms with E-state index in [4.69, 9.17) is 0 Å². The second kappa shape index (κ2) is 3.69. The lowest BCUT2D eigenvalue weighted by Gasteiger charge is -2.40. The van der Waals surface area contributed by atoms with Crippen LogP contribution in [0.3, 0.4) is 0 Å². The molecule has 0 aromatic heterocycles. The van der Waals surface area contributed by atoms with Gasteiger partial charge in [0.15, 0.2) is 5.78 Å². The van der Waals surface area contributed by atoms with Gasteiger partial charge in [-0.1, -0.05) is 0 Å². The van der Waals surface area contributed by atoms with Crippen LogP contribution in [-0.4, -0.2) is 11.3 Å². The second-order valence-corrected chi connectivity index (χ2v) is 4.67. The maximum Gasteiger partial charge on any atom is 0.159 e. The molecule has 0 radical (unpaired) electrons. The minimum Gasteiger partial charge on any atom is -0.380 e. The molecule has 0 saturated heterocycles. The molecule has 0 spiro atoms. The number of anilines is 1. The smallest absolute Gasteiger partial charge is 0.159 e. The van der Waals surface area contributed by atoms with Crippen molar-refractivity contribution in [3.05, 3.63) is 29.8 Å². The van der Waals surface area contributed by atoms with Crippen molar-refractivity contribution in [2.45, 2.75) is 38.6 Å². The zero-order chi connectivity index (χ0) is 10.9. The molecule has 1 saturated carbocycles. The van der Waals surface area contributed by atoms with E-state index >= 15 is 0 Å². The lowest BCUT2D eigenvalue weighted by Crippen LogP contribution is -2.41. The van der Waals surface area contributed by atoms with E-state index in [2.05, 4.69) is 12.2 Å². The van der Waals surface area contributed by atoms with Gasteiger partial charge in [0.2, 0.25) is 0 Å². The number of carbonyl (C=O) groups excluding carboxylic acids is 1. The zero-order valence-electron chi connectivity index (χ0n) is 9.34. The lowest BCUT2D eigenvalue weighted by molar-refractivity contribution is 0.101. The van der Waals surface area contributed by atoms with Gasteiger partial charge in [0, 0.05) is 16.8 Å². The van der Waals surface area contributed by atoms with E-state index in [1.54, 1.807) is 6.92 Å². The first-order valence-electron chi connectivity index (χ1n) is 5.48. The topological polar surface area (TPSA) is 29.1 Å². The summed E-state index contributed by atoms with van der Waals surface area (Å²) in [6.45, 7) is 3.84. The highest BCUT2D eigenvalue weighted by atomic mass is 16.1. The number of nitrogens with one attached hydrogen (secondary N) is 1. The zero-order valence-corrected chi connectivity index (χ0v) is 9.34. The van der Waals surface area contributed by atoms with Crippen LogP contribution in [0, 0.1) is 0 Å². The molecule has 0 aliphatic heterocycles. The summed E-state index contributed by atoms with van der Waals surface area (Å²) < 4.78 is 0. The van der Waals surface area contributed by atoms with Crippen LogP contribution in [0.4, 0.5) is 5.69 Å². The molecule has 0 amide bonds. The van der Waals surface area contributed by atoms with Crippen LogP contribution in [0.5, 0.6) is 0 Å². The Balaban J connectivity index is 2.07. The molecule has 1 aliphatic carbocycles. The van der Waals surface area contributed by atoms with E-state index < -0.39 is 0 Å². The number of carbonyl (C=O) groups is 1. The molecule has 2 nitrogen and oxygen atoms in total. The summed E-state index contributed by atoms with van der Waals surface area (Å²) in [5, 5.41) is 3.51. The van der Waals surface area contributed by atoms with Crippen molar-refractivity contribution < 1.29 is 4.79 Å². The van der Waals surface area contributed by atoms with Crippen molar-refractivity contribution in [2.75, 3.05) is 5.32 Å². The largest absolute Gasteiger partial charge is 0.380 e. The van der Waals surface area contributed by atoms with Gasteiger partial charge < -0.3 is 5.32 Å². The van der Waals surface area contributed by atoms with E-state index in [9.17, 15) is 4.79 Å². The first-order chi connectivity index (χ1) is 7.09. The van der Waals surface area contributed by atoms with Crippen LogP contribution in [0.1, 0.15) is 43.5 Å². The molecule has 0 bridgehead atoms. The predicted octanol–water partition coefficient (Wildman–Crippen LogP) is 3.24. The average Bonchev–Trinajstić information content (AvgIpc) is 2.16. The molecule has 0 atom stereocenters. The predicted molar refractivity (Wildman–Crippen MR) is 62.3 cm³/mol. The van der Waals surface area contributed by atoms with Crippen molar-refractivity contribution in [1.29, 1.82) is 0 Å². The van der Waals surface area contributed by atoms with E-state index in [0.29, 0.717) is 0 Å². The monoisotopic (exact) mass is 203 g/mol.